The summed E-state index contributed by atoms with van der Waals surface area (Å²) in [4.78, 5) is 0. The SMILES string of the molecule is CN(c1cccc(O)c1)S(=O)(=O)Cc1ccccc1N. The molecule has 0 fully saturated rings. The number of nitrogens with two attached hydrogens (primary N) is 1. The lowest BCUT2D eigenvalue weighted by molar-refractivity contribution is 0.475. The second kappa shape index (κ2) is 5.42. The predicted molar refractivity (Wildman–Crippen MR) is 80.0 cm³/mol. The van der Waals surface area contributed by atoms with E-state index in [-0.39, 0.29) is 11.5 Å². The first-order chi connectivity index (χ1) is 9.40. The first kappa shape index (κ1) is 14.2. The third kappa shape index (κ3) is 3.03. The number of nitrogens with zero attached hydrogens (tertiary/aromatic N) is 1. The Morgan fingerprint density at radius 1 is 1.15 bits per heavy atom. The van der Waals surface area contributed by atoms with Gasteiger partial charge >= 0.3 is 0 Å². The maximum Gasteiger partial charge on any atom is 0.239 e. The van der Waals surface area contributed by atoms with Gasteiger partial charge in [0.05, 0.1) is 11.4 Å². The number of phenols is 1. The number of anilines is 2. The molecule has 0 saturated carbocycles. The first-order valence-corrected chi connectivity index (χ1v) is 7.60. The molecule has 0 saturated heterocycles. The van der Waals surface area contributed by atoms with Crippen molar-refractivity contribution in [3.05, 3.63) is 54.1 Å². The number of benzene rings is 2. The van der Waals surface area contributed by atoms with Gasteiger partial charge in [0, 0.05) is 18.8 Å². The average molecular weight is 292 g/mol. The van der Waals surface area contributed by atoms with Crippen molar-refractivity contribution in [1.29, 1.82) is 0 Å². The Morgan fingerprint density at radius 3 is 2.50 bits per heavy atom. The van der Waals surface area contributed by atoms with Crippen LogP contribution in [0.15, 0.2) is 48.5 Å². The molecule has 106 valence electrons. The van der Waals surface area contributed by atoms with Crippen molar-refractivity contribution in [1.82, 2.24) is 0 Å². The van der Waals surface area contributed by atoms with E-state index in [0.717, 1.165) is 4.31 Å². The molecule has 0 aliphatic rings. The Hall–Kier alpha value is -2.21. The minimum Gasteiger partial charge on any atom is -0.508 e. The highest BCUT2D eigenvalue weighted by Gasteiger charge is 2.20. The standard InChI is InChI=1S/C14H16N2O3S/c1-16(12-6-4-7-13(17)9-12)20(18,19)10-11-5-2-3-8-14(11)15/h2-9,17H,10,15H2,1H3. The predicted octanol–water partition coefficient (Wildman–Crippen LogP) is 1.94. The fourth-order valence-corrected chi connectivity index (χ4v) is 3.09. The molecule has 0 spiro atoms. The zero-order chi connectivity index (χ0) is 14.8. The molecule has 0 bridgehead atoms. The molecule has 0 amide bonds. The van der Waals surface area contributed by atoms with Gasteiger partial charge in [-0.05, 0) is 23.8 Å². The maximum absolute atomic E-state index is 12.4. The molecule has 2 aromatic rings. The van der Waals surface area contributed by atoms with Crippen LogP contribution in [-0.4, -0.2) is 20.6 Å². The van der Waals surface area contributed by atoms with Crippen molar-refractivity contribution >= 4 is 21.4 Å². The van der Waals surface area contributed by atoms with Gasteiger partial charge in [-0.25, -0.2) is 8.42 Å². The van der Waals surface area contributed by atoms with Gasteiger partial charge in [-0.1, -0.05) is 24.3 Å². The topological polar surface area (TPSA) is 83.6 Å². The molecule has 6 heteroatoms. The summed E-state index contributed by atoms with van der Waals surface area (Å²) in [5.41, 5.74) is 7.17. The lowest BCUT2D eigenvalue weighted by Crippen LogP contribution is -2.28. The van der Waals surface area contributed by atoms with Crippen LogP contribution >= 0.6 is 0 Å². The normalized spacial score (nSPS) is 11.2. The van der Waals surface area contributed by atoms with E-state index in [1.165, 1.54) is 19.2 Å². The molecule has 0 heterocycles. The van der Waals surface area contributed by atoms with Gasteiger partial charge in [-0.2, -0.15) is 0 Å². The molecular weight excluding hydrogens is 276 g/mol. The lowest BCUT2D eigenvalue weighted by Gasteiger charge is -2.20. The van der Waals surface area contributed by atoms with Gasteiger partial charge in [0.2, 0.25) is 10.0 Å². The molecule has 0 aromatic heterocycles. The highest BCUT2D eigenvalue weighted by Crippen LogP contribution is 2.24. The fraction of sp³-hybridized carbons (Fsp3) is 0.143. The van der Waals surface area contributed by atoms with Crippen molar-refractivity contribution < 1.29 is 13.5 Å². The third-order valence-electron chi connectivity index (χ3n) is 3.00. The fourth-order valence-electron chi connectivity index (χ4n) is 1.81. The molecule has 0 radical (unpaired) electrons. The van der Waals surface area contributed by atoms with Crippen LogP contribution in [0.4, 0.5) is 11.4 Å². The molecule has 5 nitrogen and oxygen atoms in total. The van der Waals surface area contributed by atoms with Crippen molar-refractivity contribution in [3.8, 4) is 5.75 Å². The number of hydrogen-bond acceptors (Lipinski definition) is 4. The maximum atomic E-state index is 12.4. The van der Waals surface area contributed by atoms with Crippen LogP contribution in [0.1, 0.15) is 5.56 Å². The van der Waals surface area contributed by atoms with E-state index in [1.54, 1.807) is 36.4 Å². The third-order valence-corrected chi connectivity index (χ3v) is 4.72. The van der Waals surface area contributed by atoms with Crippen LogP contribution in [0, 0.1) is 0 Å². The number of nitrogen functional groups attached to an aromatic ring is 1. The van der Waals surface area contributed by atoms with Gasteiger partial charge in [0.15, 0.2) is 0 Å². The monoisotopic (exact) mass is 292 g/mol. The number of phenolic OH excluding ortho intramolecular Hbond substituents is 1. The number of para-hydroxylation sites is 1. The Bertz CT molecular complexity index is 714. The summed E-state index contributed by atoms with van der Waals surface area (Å²) in [6, 6.07) is 12.9. The van der Waals surface area contributed by atoms with Gasteiger partial charge < -0.3 is 10.8 Å². The van der Waals surface area contributed by atoms with Crippen molar-refractivity contribution in [2.75, 3.05) is 17.1 Å². The first-order valence-electron chi connectivity index (χ1n) is 5.99. The van der Waals surface area contributed by atoms with Crippen LogP contribution in [0.5, 0.6) is 5.75 Å². The highest BCUT2D eigenvalue weighted by molar-refractivity contribution is 7.92. The van der Waals surface area contributed by atoms with E-state index in [9.17, 15) is 13.5 Å². The van der Waals surface area contributed by atoms with Gasteiger partial charge in [0.1, 0.15) is 5.75 Å². The van der Waals surface area contributed by atoms with Crippen LogP contribution in [0.2, 0.25) is 0 Å². The number of hydrogen-bond donors (Lipinski definition) is 2. The van der Waals surface area contributed by atoms with Crippen LogP contribution in [0.25, 0.3) is 0 Å². The zero-order valence-electron chi connectivity index (χ0n) is 11.0. The second-order valence-electron chi connectivity index (χ2n) is 4.44. The second-order valence-corrected chi connectivity index (χ2v) is 6.44. The van der Waals surface area contributed by atoms with E-state index >= 15 is 0 Å². The summed E-state index contributed by atoms with van der Waals surface area (Å²) in [5, 5.41) is 9.42. The van der Waals surface area contributed by atoms with Gasteiger partial charge in [-0.3, -0.25) is 4.31 Å². The van der Waals surface area contributed by atoms with Crippen LogP contribution in [0.3, 0.4) is 0 Å². The van der Waals surface area contributed by atoms with Crippen molar-refractivity contribution in [2.45, 2.75) is 5.75 Å². The van der Waals surface area contributed by atoms with E-state index in [0.29, 0.717) is 16.9 Å². The quantitative estimate of drug-likeness (QED) is 0.844. The minimum atomic E-state index is -3.56. The molecule has 0 aliphatic carbocycles. The zero-order valence-corrected chi connectivity index (χ0v) is 11.8. The molecule has 0 atom stereocenters. The molecular formula is C14H16N2O3S. The van der Waals surface area contributed by atoms with E-state index in [1.807, 2.05) is 0 Å². The molecule has 2 rings (SSSR count). The number of rotatable bonds is 4. The smallest absolute Gasteiger partial charge is 0.239 e. The molecule has 2 aromatic carbocycles. The Balaban J connectivity index is 2.29. The average Bonchev–Trinajstić information content (AvgIpc) is 2.40. The minimum absolute atomic E-state index is 0.0174. The van der Waals surface area contributed by atoms with Crippen LogP contribution < -0.4 is 10.0 Å². The van der Waals surface area contributed by atoms with E-state index in [2.05, 4.69) is 0 Å². The Labute approximate surface area is 118 Å². The molecule has 3 N–H and O–H groups in total. The largest absolute Gasteiger partial charge is 0.508 e. The molecule has 20 heavy (non-hydrogen) atoms. The van der Waals surface area contributed by atoms with Crippen molar-refractivity contribution in [3.63, 3.8) is 0 Å². The molecule has 0 unspecified atom stereocenters. The Kier molecular flexibility index (Phi) is 3.85. The van der Waals surface area contributed by atoms with Crippen molar-refractivity contribution in [2.24, 2.45) is 0 Å². The Morgan fingerprint density at radius 2 is 1.85 bits per heavy atom. The summed E-state index contributed by atoms with van der Waals surface area (Å²) in [6.45, 7) is 0. The summed E-state index contributed by atoms with van der Waals surface area (Å²) >= 11 is 0. The molecule has 0 aliphatic heterocycles. The summed E-state index contributed by atoms with van der Waals surface area (Å²) < 4.78 is 25.8. The number of sulfonamides is 1. The van der Waals surface area contributed by atoms with Gasteiger partial charge in [0.25, 0.3) is 0 Å². The summed E-state index contributed by atoms with van der Waals surface area (Å²) in [7, 11) is -2.12. The van der Waals surface area contributed by atoms with E-state index in [4.69, 9.17) is 5.73 Å². The number of aromatic hydroxyl groups is 1. The van der Waals surface area contributed by atoms with Gasteiger partial charge in [-0.15, -0.1) is 0 Å². The highest BCUT2D eigenvalue weighted by atomic mass is 32.2. The summed E-state index contributed by atoms with van der Waals surface area (Å²) in [6.07, 6.45) is 0. The summed E-state index contributed by atoms with van der Waals surface area (Å²) in [5.74, 6) is -0.171. The van der Waals surface area contributed by atoms with Crippen LogP contribution in [-0.2, 0) is 15.8 Å². The van der Waals surface area contributed by atoms with E-state index < -0.39 is 10.0 Å². The lowest BCUT2D eigenvalue weighted by atomic mass is 10.2.